The molecule has 2 aliphatic rings. The predicted octanol–water partition coefficient (Wildman–Crippen LogP) is 2.23. The number of morpholine rings is 1. The molecule has 0 saturated carbocycles. The number of urea groups is 1. The first-order valence-electron chi connectivity index (χ1n) is 10.3. The summed E-state index contributed by atoms with van der Waals surface area (Å²) in [7, 11) is 0. The molecule has 8 nitrogen and oxygen atoms in total. The number of nitrogens with one attached hydrogen (secondary N) is 1. The van der Waals surface area contributed by atoms with Gasteiger partial charge in [0.05, 0.1) is 13.2 Å². The predicted molar refractivity (Wildman–Crippen MR) is 114 cm³/mol. The highest BCUT2D eigenvalue weighted by Crippen LogP contribution is 2.20. The van der Waals surface area contributed by atoms with Gasteiger partial charge in [-0.05, 0) is 24.1 Å². The van der Waals surface area contributed by atoms with Gasteiger partial charge in [0.1, 0.15) is 18.0 Å². The summed E-state index contributed by atoms with van der Waals surface area (Å²) in [6, 6.07) is 10.0. The van der Waals surface area contributed by atoms with Crippen LogP contribution in [0.15, 0.2) is 36.7 Å². The van der Waals surface area contributed by atoms with E-state index in [9.17, 15) is 4.79 Å². The van der Waals surface area contributed by atoms with Crippen LogP contribution < -0.4 is 15.1 Å². The number of hydrogen-bond acceptors (Lipinski definition) is 6. The van der Waals surface area contributed by atoms with Crippen molar-refractivity contribution in [1.29, 1.82) is 0 Å². The first kappa shape index (κ1) is 19.4. The molecule has 29 heavy (non-hydrogen) atoms. The van der Waals surface area contributed by atoms with Crippen molar-refractivity contribution in [2.24, 2.45) is 0 Å². The number of ether oxygens (including phenoxy) is 1. The molecule has 4 rings (SSSR count). The highest BCUT2D eigenvalue weighted by atomic mass is 16.5. The van der Waals surface area contributed by atoms with E-state index in [0.717, 1.165) is 63.1 Å². The third-order valence-corrected chi connectivity index (χ3v) is 5.48. The van der Waals surface area contributed by atoms with Crippen molar-refractivity contribution in [3.8, 4) is 0 Å². The molecule has 8 heteroatoms. The molecule has 1 N–H and O–H groups in total. The second-order valence-corrected chi connectivity index (χ2v) is 7.29. The van der Waals surface area contributed by atoms with Gasteiger partial charge in [0, 0.05) is 51.0 Å². The van der Waals surface area contributed by atoms with E-state index < -0.39 is 0 Å². The van der Waals surface area contributed by atoms with Gasteiger partial charge in [-0.25, -0.2) is 14.8 Å². The van der Waals surface area contributed by atoms with Crippen LogP contribution in [-0.4, -0.2) is 73.4 Å². The van der Waals surface area contributed by atoms with Crippen molar-refractivity contribution < 1.29 is 9.53 Å². The number of benzene rings is 1. The normalized spacial score (nSPS) is 17.3. The van der Waals surface area contributed by atoms with Crippen LogP contribution in [0.25, 0.3) is 0 Å². The Morgan fingerprint density at radius 1 is 0.966 bits per heavy atom. The summed E-state index contributed by atoms with van der Waals surface area (Å²) in [5, 5.41) is 2.99. The van der Waals surface area contributed by atoms with Gasteiger partial charge in [-0.3, -0.25) is 0 Å². The second kappa shape index (κ2) is 9.09. The van der Waals surface area contributed by atoms with Crippen LogP contribution in [0, 0.1) is 0 Å². The molecule has 1 aromatic heterocycles. The fraction of sp³-hybridized carbons (Fsp3) is 0.476. The Morgan fingerprint density at radius 3 is 2.21 bits per heavy atom. The van der Waals surface area contributed by atoms with E-state index in [-0.39, 0.29) is 6.03 Å². The van der Waals surface area contributed by atoms with Gasteiger partial charge in [0.15, 0.2) is 0 Å². The number of carbonyl (C=O) groups excluding carboxylic acids is 1. The largest absolute Gasteiger partial charge is 0.378 e. The third kappa shape index (κ3) is 4.76. The first-order chi connectivity index (χ1) is 14.2. The lowest BCUT2D eigenvalue weighted by Gasteiger charge is -2.36. The van der Waals surface area contributed by atoms with Crippen molar-refractivity contribution in [3.63, 3.8) is 0 Å². The Bertz CT molecular complexity index is 814. The highest BCUT2D eigenvalue weighted by Gasteiger charge is 2.23. The zero-order valence-electron chi connectivity index (χ0n) is 16.9. The van der Waals surface area contributed by atoms with Crippen LogP contribution in [0.4, 0.5) is 22.1 Å². The van der Waals surface area contributed by atoms with E-state index in [2.05, 4.69) is 44.1 Å². The van der Waals surface area contributed by atoms with Gasteiger partial charge < -0.3 is 24.8 Å². The molecular formula is C21H28N6O2. The summed E-state index contributed by atoms with van der Waals surface area (Å²) in [6.45, 7) is 8.11. The Balaban J connectivity index is 1.32. The average Bonchev–Trinajstić information content (AvgIpc) is 2.80. The molecule has 0 radical (unpaired) electrons. The topological polar surface area (TPSA) is 73.8 Å². The number of anilines is 3. The van der Waals surface area contributed by atoms with Crippen LogP contribution in [0.5, 0.6) is 0 Å². The van der Waals surface area contributed by atoms with E-state index in [0.29, 0.717) is 13.1 Å². The molecule has 154 valence electrons. The molecule has 1 aromatic carbocycles. The van der Waals surface area contributed by atoms with Crippen molar-refractivity contribution in [2.45, 2.75) is 13.3 Å². The molecule has 2 amide bonds. The Morgan fingerprint density at radius 2 is 1.59 bits per heavy atom. The lowest BCUT2D eigenvalue weighted by atomic mass is 10.1. The standard InChI is InChI=1S/C21H28N6O2/c1-2-17-3-5-18(6-4-17)24-21(28)27-9-7-25(8-10-27)19-15-20(23-16-22-19)26-11-13-29-14-12-26/h3-6,15-16H,2,7-14H2,1H3,(H,24,28). The molecule has 0 unspecified atom stereocenters. The minimum Gasteiger partial charge on any atom is -0.378 e. The number of nitrogens with zero attached hydrogens (tertiary/aromatic N) is 5. The lowest BCUT2D eigenvalue weighted by molar-refractivity contribution is 0.122. The zero-order valence-corrected chi connectivity index (χ0v) is 16.9. The van der Waals surface area contributed by atoms with E-state index in [1.807, 2.05) is 23.1 Å². The van der Waals surface area contributed by atoms with Crippen LogP contribution >= 0.6 is 0 Å². The maximum Gasteiger partial charge on any atom is 0.321 e. The number of amides is 2. The van der Waals surface area contributed by atoms with Gasteiger partial charge in [-0.2, -0.15) is 0 Å². The van der Waals surface area contributed by atoms with Gasteiger partial charge in [0.25, 0.3) is 0 Å². The van der Waals surface area contributed by atoms with Gasteiger partial charge >= 0.3 is 6.03 Å². The summed E-state index contributed by atoms with van der Waals surface area (Å²) in [5.74, 6) is 1.85. The fourth-order valence-corrected chi connectivity index (χ4v) is 3.64. The molecule has 2 aliphatic heterocycles. The van der Waals surface area contributed by atoms with E-state index in [4.69, 9.17) is 4.74 Å². The van der Waals surface area contributed by atoms with E-state index in [1.54, 1.807) is 6.33 Å². The van der Waals surface area contributed by atoms with Gasteiger partial charge in [0.2, 0.25) is 0 Å². The van der Waals surface area contributed by atoms with Crippen molar-refractivity contribution in [1.82, 2.24) is 14.9 Å². The number of rotatable bonds is 4. The molecule has 0 atom stereocenters. The Labute approximate surface area is 171 Å². The van der Waals surface area contributed by atoms with Crippen LogP contribution in [0.3, 0.4) is 0 Å². The van der Waals surface area contributed by atoms with Crippen LogP contribution in [0.2, 0.25) is 0 Å². The Kier molecular flexibility index (Phi) is 6.09. The minimum atomic E-state index is -0.0504. The second-order valence-electron chi connectivity index (χ2n) is 7.29. The Hall–Kier alpha value is -2.87. The number of carbonyl (C=O) groups is 1. The van der Waals surface area contributed by atoms with Gasteiger partial charge in [-0.15, -0.1) is 0 Å². The molecule has 0 spiro atoms. The molecule has 2 fully saturated rings. The zero-order chi connectivity index (χ0) is 20.1. The monoisotopic (exact) mass is 396 g/mol. The molecule has 3 heterocycles. The summed E-state index contributed by atoms with van der Waals surface area (Å²) in [4.78, 5) is 27.7. The molecule has 0 bridgehead atoms. The smallest absolute Gasteiger partial charge is 0.321 e. The summed E-state index contributed by atoms with van der Waals surface area (Å²) < 4.78 is 5.42. The van der Waals surface area contributed by atoms with E-state index >= 15 is 0 Å². The molecular weight excluding hydrogens is 368 g/mol. The van der Waals surface area contributed by atoms with Crippen molar-refractivity contribution >= 4 is 23.4 Å². The summed E-state index contributed by atoms with van der Waals surface area (Å²) >= 11 is 0. The summed E-state index contributed by atoms with van der Waals surface area (Å²) in [5.41, 5.74) is 2.10. The average molecular weight is 396 g/mol. The highest BCUT2D eigenvalue weighted by molar-refractivity contribution is 5.89. The van der Waals surface area contributed by atoms with Crippen molar-refractivity contribution in [2.75, 3.05) is 67.6 Å². The molecule has 2 saturated heterocycles. The number of aryl methyl sites for hydroxylation is 1. The quantitative estimate of drug-likeness (QED) is 0.854. The number of hydrogen-bond donors (Lipinski definition) is 1. The number of piperazine rings is 1. The first-order valence-corrected chi connectivity index (χ1v) is 10.3. The van der Waals surface area contributed by atoms with Crippen LogP contribution in [-0.2, 0) is 11.2 Å². The maximum atomic E-state index is 12.6. The SMILES string of the molecule is CCc1ccc(NC(=O)N2CCN(c3cc(N4CCOCC4)ncn3)CC2)cc1. The van der Waals surface area contributed by atoms with Crippen LogP contribution in [0.1, 0.15) is 12.5 Å². The maximum absolute atomic E-state index is 12.6. The van der Waals surface area contributed by atoms with Crippen molar-refractivity contribution in [3.05, 3.63) is 42.2 Å². The fourth-order valence-electron chi connectivity index (χ4n) is 3.64. The minimum absolute atomic E-state index is 0.0504. The van der Waals surface area contributed by atoms with E-state index in [1.165, 1.54) is 5.56 Å². The third-order valence-electron chi connectivity index (χ3n) is 5.48. The number of aromatic nitrogens is 2. The lowest BCUT2D eigenvalue weighted by Crippen LogP contribution is -2.50. The molecule has 0 aliphatic carbocycles. The molecule has 2 aromatic rings. The van der Waals surface area contributed by atoms with Gasteiger partial charge in [-0.1, -0.05) is 19.1 Å². The summed E-state index contributed by atoms with van der Waals surface area (Å²) in [6.07, 6.45) is 2.62.